The zero-order chi connectivity index (χ0) is 15.0. The van der Waals surface area contributed by atoms with E-state index in [0.717, 1.165) is 38.3 Å². The molecule has 3 aromatic rings. The highest BCUT2D eigenvalue weighted by Gasteiger charge is 2.14. The molecule has 108 valence electrons. The third-order valence-corrected chi connectivity index (χ3v) is 4.18. The smallest absolute Gasteiger partial charge is 0.129 e. The summed E-state index contributed by atoms with van der Waals surface area (Å²) in [6.45, 7) is 2.07. The maximum atomic E-state index is 6.09. The van der Waals surface area contributed by atoms with E-state index >= 15 is 0 Å². The van der Waals surface area contributed by atoms with Crippen molar-refractivity contribution in [2.45, 2.75) is 12.8 Å². The van der Waals surface area contributed by atoms with Crippen molar-refractivity contribution in [2.75, 3.05) is 7.11 Å². The second kappa shape index (κ2) is 5.70. The Labute approximate surface area is 136 Å². The number of nitrogens with zero attached hydrogens (tertiary/aromatic N) is 2. The number of aryl methyl sites for hydroxylation is 1. The largest absolute Gasteiger partial charge is 0.497 e. The number of ether oxygens (including phenoxy) is 1. The van der Waals surface area contributed by atoms with Crippen LogP contribution in [0.5, 0.6) is 5.75 Å². The van der Waals surface area contributed by atoms with Crippen LogP contribution in [0.3, 0.4) is 0 Å². The summed E-state index contributed by atoms with van der Waals surface area (Å²) >= 11 is 9.58. The number of imidazole rings is 1. The SMILES string of the molecule is COc1ccc2nc(CCl)n(-c3ccc(Br)cc3C)c2c1. The number of rotatable bonds is 3. The van der Waals surface area contributed by atoms with Crippen LogP contribution >= 0.6 is 27.5 Å². The summed E-state index contributed by atoms with van der Waals surface area (Å²) in [6.07, 6.45) is 0. The van der Waals surface area contributed by atoms with E-state index in [4.69, 9.17) is 16.3 Å². The molecule has 3 rings (SSSR count). The molecule has 0 aliphatic heterocycles. The molecule has 0 saturated heterocycles. The lowest BCUT2D eigenvalue weighted by Crippen LogP contribution is -2.01. The third-order valence-electron chi connectivity index (χ3n) is 3.45. The molecule has 1 heterocycles. The average Bonchev–Trinajstić information content (AvgIpc) is 2.84. The Morgan fingerprint density at radius 3 is 2.71 bits per heavy atom. The van der Waals surface area contributed by atoms with Gasteiger partial charge in [-0.2, -0.15) is 0 Å². The van der Waals surface area contributed by atoms with Gasteiger partial charge in [0.1, 0.15) is 11.6 Å². The predicted octanol–water partition coefficient (Wildman–Crippen LogP) is 4.84. The van der Waals surface area contributed by atoms with Crippen LogP contribution in [0.2, 0.25) is 0 Å². The Morgan fingerprint density at radius 2 is 2.05 bits per heavy atom. The number of hydrogen-bond acceptors (Lipinski definition) is 2. The fourth-order valence-electron chi connectivity index (χ4n) is 2.46. The van der Waals surface area contributed by atoms with Crippen molar-refractivity contribution in [3.8, 4) is 11.4 Å². The van der Waals surface area contributed by atoms with Crippen molar-refractivity contribution in [1.82, 2.24) is 9.55 Å². The fraction of sp³-hybridized carbons (Fsp3) is 0.188. The Bertz CT molecular complexity index is 813. The topological polar surface area (TPSA) is 27.1 Å². The molecule has 0 aliphatic rings. The first-order valence-corrected chi connectivity index (χ1v) is 7.84. The van der Waals surface area contributed by atoms with Gasteiger partial charge >= 0.3 is 0 Å². The number of alkyl halides is 1. The van der Waals surface area contributed by atoms with Gasteiger partial charge < -0.3 is 4.74 Å². The molecule has 3 nitrogen and oxygen atoms in total. The van der Waals surface area contributed by atoms with E-state index in [1.54, 1.807) is 7.11 Å². The van der Waals surface area contributed by atoms with Gasteiger partial charge in [-0.1, -0.05) is 15.9 Å². The van der Waals surface area contributed by atoms with E-state index in [2.05, 4.69) is 44.5 Å². The van der Waals surface area contributed by atoms with Gasteiger partial charge in [-0.15, -0.1) is 11.6 Å². The maximum Gasteiger partial charge on any atom is 0.129 e. The van der Waals surface area contributed by atoms with Crippen molar-refractivity contribution in [2.24, 2.45) is 0 Å². The van der Waals surface area contributed by atoms with E-state index in [-0.39, 0.29) is 0 Å². The molecule has 5 heteroatoms. The van der Waals surface area contributed by atoms with Gasteiger partial charge in [0.2, 0.25) is 0 Å². The monoisotopic (exact) mass is 364 g/mol. The molecule has 0 amide bonds. The first-order valence-electron chi connectivity index (χ1n) is 6.52. The molecular weight excluding hydrogens is 352 g/mol. The molecule has 0 radical (unpaired) electrons. The van der Waals surface area contributed by atoms with Gasteiger partial charge in [-0.25, -0.2) is 4.98 Å². The zero-order valence-corrected chi connectivity index (χ0v) is 14.1. The normalized spacial score (nSPS) is 11.0. The van der Waals surface area contributed by atoms with Crippen LogP contribution in [-0.2, 0) is 5.88 Å². The highest BCUT2D eigenvalue weighted by Crippen LogP contribution is 2.28. The van der Waals surface area contributed by atoms with Gasteiger partial charge in [-0.05, 0) is 42.8 Å². The lowest BCUT2D eigenvalue weighted by Gasteiger charge is -2.12. The van der Waals surface area contributed by atoms with Crippen LogP contribution in [0.25, 0.3) is 16.7 Å². The summed E-state index contributed by atoms with van der Waals surface area (Å²) in [5.41, 5.74) is 4.13. The Morgan fingerprint density at radius 1 is 1.24 bits per heavy atom. The van der Waals surface area contributed by atoms with Gasteiger partial charge in [0, 0.05) is 10.5 Å². The number of hydrogen-bond donors (Lipinski definition) is 0. The zero-order valence-electron chi connectivity index (χ0n) is 11.7. The summed E-state index contributed by atoms with van der Waals surface area (Å²) in [6, 6.07) is 12.0. The van der Waals surface area contributed by atoms with Crippen LogP contribution in [0.4, 0.5) is 0 Å². The number of methoxy groups -OCH3 is 1. The molecule has 21 heavy (non-hydrogen) atoms. The molecule has 1 aromatic heterocycles. The van der Waals surface area contributed by atoms with Crippen LogP contribution in [0.15, 0.2) is 40.9 Å². The van der Waals surface area contributed by atoms with Crippen LogP contribution in [-0.4, -0.2) is 16.7 Å². The molecule has 0 saturated carbocycles. The first-order chi connectivity index (χ1) is 10.1. The van der Waals surface area contributed by atoms with Crippen LogP contribution in [0, 0.1) is 6.92 Å². The van der Waals surface area contributed by atoms with Gasteiger partial charge in [0.05, 0.1) is 29.7 Å². The van der Waals surface area contributed by atoms with Crippen molar-refractivity contribution < 1.29 is 4.74 Å². The Balaban J connectivity index is 2.33. The summed E-state index contributed by atoms with van der Waals surface area (Å²) < 4.78 is 8.47. The van der Waals surface area contributed by atoms with Crippen molar-refractivity contribution in [1.29, 1.82) is 0 Å². The quantitative estimate of drug-likeness (QED) is 0.621. The van der Waals surface area contributed by atoms with Gasteiger partial charge in [0.25, 0.3) is 0 Å². The van der Waals surface area contributed by atoms with Crippen molar-refractivity contribution in [3.05, 3.63) is 52.3 Å². The second-order valence-electron chi connectivity index (χ2n) is 4.78. The molecule has 0 bridgehead atoms. The number of halogens is 2. The summed E-state index contributed by atoms with van der Waals surface area (Å²) in [5.74, 6) is 1.98. The van der Waals surface area contributed by atoms with E-state index < -0.39 is 0 Å². The van der Waals surface area contributed by atoms with Crippen LogP contribution < -0.4 is 4.74 Å². The molecule has 0 N–H and O–H groups in total. The summed E-state index contributed by atoms with van der Waals surface area (Å²) in [4.78, 5) is 4.61. The molecular formula is C16H14BrClN2O. The number of fused-ring (bicyclic) bond motifs is 1. The fourth-order valence-corrected chi connectivity index (χ4v) is 3.11. The second-order valence-corrected chi connectivity index (χ2v) is 5.97. The first kappa shape index (κ1) is 14.4. The molecule has 0 unspecified atom stereocenters. The summed E-state index contributed by atoms with van der Waals surface area (Å²) in [7, 11) is 1.66. The number of benzene rings is 2. The van der Waals surface area contributed by atoms with E-state index in [0.29, 0.717) is 5.88 Å². The predicted molar refractivity (Wildman–Crippen MR) is 89.6 cm³/mol. The minimum atomic E-state index is 0.354. The number of aromatic nitrogens is 2. The van der Waals surface area contributed by atoms with Crippen molar-refractivity contribution >= 4 is 38.6 Å². The maximum absolute atomic E-state index is 6.09. The Hall–Kier alpha value is -1.52. The molecule has 0 atom stereocenters. The molecule has 0 aliphatic carbocycles. The van der Waals surface area contributed by atoms with Crippen molar-refractivity contribution in [3.63, 3.8) is 0 Å². The average molecular weight is 366 g/mol. The highest BCUT2D eigenvalue weighted by molar-refractivity contribution is 9.10. The Kier molecular flexibility index (Phi) is 3.91. The molecule has 0 spiro atoms. The third kappa shape index (κ3) is 2.54. The molecule has 2 aromatic carbocycles. The standard InChI is InChI=1S/C16H14BrClN2O/c1-10-7-11(17)3-6-14(10)20-15-8-12(21-2)4-5-13(15)19-16(20)9-18/h3-8H,9H2,1-2H3. The lowest BCUT2D eigenvalue weighted by molar-refractivity contribution is 0.415. The van der Waals surface area contributed by atoms with E-state index in [1.807, 2.05) is 24.3 Å². The van der Waals surface area contributed by atoms with Gasteiger partial charge in [0.15, 0.2) is 0 Å². The van der Waals surface area contributed by atoms with E-state index in [1.165, 1.54) is 0 Å². The van der Waals surface area contributed by atoms with E-state index in [9.17, 15) is 0 Å². The van der Waals surface area contributed by atoms with Gasteiger partial charge in [-0.3, -0.25) is 4.57 Å². The lowest BCUT2D eigenvalue weighted by atomic mass is 10.2. The molecule has 0 fully saturated rings. The minimum absolute atomic E-state index is 0.354. The summed E-state index contributed by atoms with van der Waals surface area (Å²) in [5, 5.41) is 0. The van der Waals surface area contributed by atoms with Crippen LogP contribution in [0.1, 0.15) is 11.4 Å². The minimum Gasteiger partial charge on any atom is -0.497 e. The highest BCUT2D eigenvalue weighted by atomic mass is 79.9.